The third kappa shape index (κ3) is 3.91. The first-order valence-corrected chi connectivity index (χ1v) is 10.5. The van der Waals surface area contributed by atoms with Crippen LogP contribution in [0, 0.1) is 0 Å². The topological polar surface area (TPSA) is 32.3 Å². The Bertz CT molecular complexity index is 955. The maximum atomic E-state index is 13.7. The van der Waals surface area contributed by atoms with Crippen LogP contribution in [0.25, 0.3) is 0 Å². The first-order chi connectivity index (χ1) is 14.2. The molecule has 0 fully saturated rings. The third-order valence-corrected chi connectivity index (χ3v) is 5.85. The molecular formula is C26H28N2O. The van der Waals surface area contributed by atoms with Crippen LogP contribution >= 0.6 is 0 Å². The highest BCUT2D eigenvalue weighted by molar-refractivity contribution is 5.99. The number of nitrogens with one attached hydrogen (secondary N) is 1. The fourth-order valence-electron chi connectivity index (χ4n) is 4.43. The molecule has 1 N–H and O–H groups in total. The molecule has 4 rings (SSSR count). The fraction of sp³-hybridized carbons (Fsp3) is 0.269. The molecule has 0 aliphatic carbocycles. The summed E-state index contributed by atoms with van der Waals surface area (Å²) in [6.07, 6.45) is 1.67. The predicted molar refractivity (Wildman–Crippen MR) is 120 cm³/mol. The van der Waals surface area contributed by atoms with Gasteiger partial charge in [-0.1, -0.05) is 73.7 Å². The number of hydrogen-bond donors (Lipinski definition) is 1. The Morgan fingerprint density at radius 2 is 1.59 bits per heavy atom. The SMILES string of the molecule is CC[C@@H](C(=O)N1c2ccccc2[C@H](Nc2ccccc2)C[C@H]1C)c1ccccc1. The highest BCUT2D eigenvalue weighted by Crippen LogP contribution is 2.40. The Labute approximate surface area is 173 Å². The lowest BCUT2D eigenvalue weighted by atomic mass is 9.88. The summed E-state index contributed by atoms with van der Waals surface area (Å²) in [7, 11) is 0. The average molecular weight is 385 g/mol. The fourth-order valence-corrected chi connectivity index (χ4v) is 4.43. The molecule has 0 spiro atoms. The average Bonchev–Trinajstić information content (AvgIpc) is 2.76. The van der Waals surface area contributed by atoms with Gasteiger partial charge in [-0.15, -0.1) is 0 Å². The Morgan fingerprint density at radius 1 is 0.966 bits per heavy atom. The van der Waals surface area contributed by atoms with Gasteiger partial charge in [-0.3, -0.25) is 4.79 Å². The highest BCUT2D eigenvalue weighted by atomic mass is 16.2. The van der Waals surface area contributed by atoms with E-state index in [0.29, 0.717) is 0 Å². The van der Waals surface area contributed by atoms with E-state index in [4.69, 9.17) is 0 Å². The van der Waals surface area contributed by atoms with Crippen LogP contribution in [0.2, 0.25) is 0 Å². The number of amides is 1. The molecule has 3 nitrogen and oxygen atoms in total. The van der Waals surface area contributed by atoms with Crippen molar-refractivity contribution in [1.82, 2.24) is 0 Å². The molecule has 0 radical (unpaired) electrons. The van der Waals surface area contributed by atoms with Crippen LogP contribution in [-0.4, -0.2) is 11.9 Å². The quantitative estimate of drug-likeness (QED) is 0.571. The Morgan fingerprint density at radius 3 is 2.28 bits per heavy atom. The normalized spacial score (nSPS) is 19.3. The minimum Gasteiger partial charge on any atom is -0.378 e. The second-order valence-corrected chi connectivity index (χ2v) is 7.79. The zero-order valence-corrected chi connectivity index (χ0v) is 17.1. The van der Waals surface area contributed by atoms with Gasteiger partial charge in [-0.25, -0.2) is 0 Å². The summed E-state index contributed by atoms with van der Waals surface area (Å²) < 4.78 is 0. The zero-order valence-electron chi connectivity index (χ0n) is 17.1. The van der Waals surface area contributed by atoms with E-state index in [1.54, 1.807) is 0 Å². The minimum atomic E-state index is -0.120. The van der Waals surface area contributed by atoms with Gasteiger partial charge in [-0.05, 0) is 49.1 Å². The number of rotatable bonds is 5. The summed E-state index contributed by atoms with van der Waals surface area (Å²) >= 11 is 0. The second kappa shape index (κ2) is 8.52. The van der Waals surface area contributed by atoms with Crippen molar-refractivity contribution >= 4 is 17.3 Å². The van der Waals surface area contributed by atoms with Crippen molar-refractivity contribution in [3.05, 3.63) is 96.1 Å². The van der Waals surface area contributed by atoms with E-state index in [2.05, 4.69) is 61.6 Å². The van der Waals surface area contributed by atoms with E-state index < -0.39 is 0 Å². The summed E-state index contributed by atoms with van der Waals surface area (Å²) in [5.41, 5.74) is 4.41. The molecule has 1 aliphatic heterocycles. The molecule has 1 amide bonds. The number of para-hydroxylation sites is 2. The maximum absolute atomic E-state index is 13.7. The van der Waals surface area contributed by atoms with Crippen LogP contribution < -0.4 is 10.2 Å². The van der Waals surface area contributed by atoms with Gasteiger partial charge in [0.25, 0.3) is 0 Å². The first kappa shape index (κ1) is 19.3. The Balaban J connectivity index is 1.67. The third-order valence-electron chi connectivity index (χ3n) is 5.85. The van der Waals surface area contributed by atoms with Crippen molar-refractivity contribution in [2.75, 3.05) is 10.2 Å². The standard InChI is InChI=1S/C26H28N2O/c1-3-22(20-12-6-4-7-13-20)26(29)28-19(2)18-24(23-16-10-11-17-25(23)28)27-21-14-8-5-9-15-21/h4-17,19,22,24,27H,3,18H2,1-2H3/t19-,22-,24-/m1/s1. The van der Waals surface area contributed by atoms with Crippen molar-refractivity contribution in [3.8, 4) is 0 Å². The number of hydrogen-bond acceptors (Lipinski definition) is 2. The molecule has 0 saturated heterocycles. The minimum absolute atomic E-state index is 0.120. The molecular weight excluding hydrogens is 356 g/mol. The van der Waals surface area contributed by atoms with E-state index in [9.17, 15) is 4.79 Å². The summed E-state index contributed by atoms with van der Waals surface area (Å²) in [6.45, 7) is 4.25. The van der Waals surface area contributed by atoms with Crippen LogP contribution in [0.15, 0.2) is 84.9 Å². The lowest BCUT2D eigenvalue weighted by Crippen LogP contribution is -2.46. The lowest BCUT2D eigenvalue weighted by molar-refractivity contribution is -0.120. The lowest BCUT2D eigenvalue weighted by Gasteiger charge is -2.41. The number of benzene rings is 3. The van der Waals surface area contributed by atoms with Crippen molar-refractivity contribution in [2.45, 2.75) is 44.7 Å². The van der Waals surface area contributed by atoms with Gasteiger partial charge in [0.05, 0.1) is 12.0 Å². The molecule has 29 heavy (non-hydrogen) atoms. The molecule has 0 aromatic heterocycles. The van der Waals surface area contributed by atoms with Gasteiger partial charge < -0.3 is 10.2 Å². The van der Waals surface area contributed by atoms with Crippen molar-refractivity contribution in [1.29, 1.82) is 0 Å². The van der Waals surface area contributed by atoms with Crippen molar-refractivity contribution in [2.24, 2.45) is 0 Å². The molecule has 0 bridgehead atoms. The molecule has 0 unspecified atom stereocenters. The molecule has 1 heterocycles. The van der Waals surface area contributed by atoms with E-state index in [-0.39, 0.29) is 23.9 Å². The molecule has 3 atom stereocenters. The number of nitrogens with zero attached hydrogens (tertiary/aromatic N) is 1. The van der Waals surface area contributed by atoms with Gasteiger partial charge >= 0.3 is 0 Å². The monoisotopic (exact) mass is 384 g/mol. The number of carbonyl (C=O) groups is 1. The molecule has 3 aromatic rings. The summed E-state index contributed by atoms with van der Waals surface area (Å²) in [5, 5.41) is 3.66. The van der Waals surface area contributed by atoms with Crippen LogP contribution in [0.5, 0.6) is 0 Å². The van der Waals surface area contributed by atoms with Gasteiger partial charge in [0.1, 0.15) is 0 Å². The number of carbonyl (C=O) groups excluding carboxylic acids is 1. The van der Waals surface area contributed by atoms with Crippen LogP contribution in [-0.2, 0) is 4.79 Å². The van der Waals surface area contributed by atoms with E-state index >= 15 is 0 Å². The molecule has 3 heteroatoms. The van der Waals surface area contributed by atoms with E-state index in [0.717, 1.165) is 29.8 Å². The van der Waals surface area contributed by atoms with Crippen molar-refractivity contribution < 1.29 is 4.79 Å². The van der Waals surface area contributed by atoms with E-state index in [1.165, 1.54) is 5.56 Å². The second-order valence-electron chi connectivity index (χ2n) is 7.79. The molecule has 0 saturated carbocycles. The number of fused-ring (bicyclic) bond motifs is 1. The van der Waals surface area contributed by atoms with Gasteiger partial charge in [0.15, 0.2) is 0 Å². The maximum Gasteiger partial charge on any atom is 0.234 e. The smallest absolute Gasteiger partial charge is 0.234 e. The van der Waals surface area contributed by atoms with Crippen LogP contribution in [0.1, 0.15) is 49.8 Å². The first-order valence-electron chi connectivity index (χ1n) is 10.5. The Kier molecular flexibility index (Phi) is 5.66. The van der Waals surface area contributed by atoms with E-state index in [1.807, 2.05) is 47.4 Å². The van der Waals surface area contributed by atoms with Gasteiger partial charge in [0, 0.05) is 17.4 Å². The zero-order chi connectivity index (χ0) is 20.2. The Hall–Kier alpha value is -3.07. The van der Waals surface area contributed by atoms with Gasteiger partial charge in [-0.2, -0.15) is 0 Å². The number of anilines is 2. The van der Waals surface area contributed by atoms with Crippen LogP contribution in [0.4, 0.5) is 11.4 Å². The predicted octanol–water partition coefficient (Wildman–Crippen LogP) is 6.16. The molecule has 148 valence electrons. The largest absolute Gasteiger partial charge is 0.378 e. The van der Waals surface area contributed by atoms with Gasteiger partial charge in [0.2, 0.25) is 5.91 Å². The summed E-state index contributed by atoms with van der Waals surface area (Å²) in [5.74, 6) is 0.0714. The highest BCUT2D eigenvalue weighted by Gasteiger charge is 2.36. The molecule has 1 aliphatic rings. The summed E-state index contributed by atoms with van der Waals surface area (Å²) in [4.78, 5) is 15.7. The summed E-state index contributed by atoms with van der Waals surface area (Å²) in [6, 6.07) is 29.1. The van der Waals surface area contributed by atoms with Crippen molar-refractivity contribution in [3.63, 3.8) is 0 Å². The van der Waals surface area contributed by atoms with Crippen LogP contribution in [0.3, 0.4) is 0 Å². The molecule has 3 aromatic carbocycles.